The van der Waals surface area contributed by atoms with Crippen LogP contribution in [-0.2, 0) is 9.53 Å². The van der Waals surface area contributed by atoms with Crippen molar-refractivity contribution in [2.75, 3.05) is 0 Å². The van der Waals surface area contributed by atoms with Gasteiger partial charge in [0.15, 0.2) is 11.4 Å². The molecular formula is C19H23NO3. The zero-order valence-electron chi connectivity index (χ0n) is 14.2. The number of carbonyl (C=O) groups is 1. The van der Waals surface area contributed by atoms with Gasteiger partial charge >= 0.3 is 0 Å². The third-order valence-electron chi connectivity index (χ3n) is 5.75. The van der Waals surface area contributed by atoms with Crippen LogP contribution in [0.5, 0.6) is 0 Å². The lowest BCUT2D eigenvalue weighted by Crippen LogP contribution is -2.53. The molecule has 0 fully saturated rings. The Hall–Kier alpha value is -1.68. The van der Waals surface area contributed by atoms with Crippen LogP contribution < -0.4 is 0 Å². The number of hydrogen-bond acceptors (Lipinski definition) is 4. The fourth-order valence-corrected chi connectivity index (χ4v) is 4.75. The van der Waals surface area contributed by atoms with Crippen LogP contribution in [-0.4, -0.2) is 22.6 Å². The van der Waals surface area contributed by atoms with Crippen LogP contribution in [0.4, 0.5) is 0 Å². The molecule has 0 radical (unpaired) electrons. The highest BCUT2D eigenvalue weighted by Crippen LogP contribution is 2.59. The molecule has 2 aliphatic carbocycles. The highest BCUT2D eigenvalue weighted by atomic mass is 16.5. The average Bonchev–Trinajstić information content (AvgIpc) is 3.06. The van der Waals surface area contributed by atoms with Gasteiger partial charge in [0.1, 0.15) is 5.76 Å². The van der Waals surface area contributed by atoms with Crippen LogP contribution in [0.3, 0.4) is 0 Å². The van der Waals surface area contributed by atoms with Gasteiger partial charge in [0.2, 0.25) is 0 Å². The van der Waals surface area contributed by atoms with Gasteiger partial charge in [-0.05, 0) is 45.3 Å². The second-order valence-electron chi connectivity index (χ2n) is 6.99. The predicted molar refractivity (Wildman–Crippen MR) is 87.0 cm³/mol. The van der Waals surface area contributed by atoms with Crippen LogP contribution >= 0.6 is 0 Å². The van der Waals surface area contributed by atoms with Crippen LogP contribution in [0.2, 0.25) is 0 Å². The molecule has 4 unspecified atom stereocenters. The van der Waals surface area contributed by atoms with Gasteiger partial charge < -0.3 is 9.26 Å². The minimum absolute atomic E-state index is 0.0641. The maximum atomic E-state index is 13.2. The first-order valence-electron chi connectivity index (χ1n) is 8.63. The Morgan fingerprint density at radius 2 is 2.17 bits per heavy atom. The van der Waals surface area contributed by atoms with Crippen LogP contribution in [0, 0.1) is 12.8 Å². The molecule has 4 rings (SSSR count). The summed E-state index contributed by atoms with van der Waals surface area (Å²) in [4.78, 5) is 13.2. The first-order chi connectivity index (χ1) is 11.0. The van der Waals surface area contributed by atoms with E-state index in [1.54, 1.807) is 0 Å². The fourth-order valence-electron chi connectivity index (χ4n) is 4.75. The summed E-state index contributed by atoms with van der Waals surface area (Å²) in [5.74, 6) is 1.33. The molecule has 2 heterocycles. The fraction of sp³-hybridized carbons (Fsp3) is 0.579. The van der Waals surface area contributed by atoms with Gasteiger partial charge in [-0.25, -0.2) is 0 Å². The summed E-state index contributed by atoms with van der Waals surface area (Å²) in [7, 11) is 0. The van der Waals surface area contributed by atoms with Crippen molar-refractivity contribution in [1.82, 2.24) is 5.16 Å². The van der Waals surface area contributed by atoms with Crippen molar-refractivity contribution in [3.05, 3.63) is 34.7 Å². The van der Waals surface area contributed by atoms with E-state index in [2.05, 4.69) is 25.1 Å². The smallest absolute Gasteiger partial charge is 0.192 e. The standard InChI is InChI=1S/C19H23NO3/c1-5-12-8-14-13(6-2)18-17(11(4)20-23-18)15-7-10(3)22-19(14,15)16(21)9-12/h7,9-10,13-14H,5-6,8H2,1-4H3. The van der Waals surface area contributed by atoms with E-state index >= 15 is 0 Å². The first kappa shape index (κ1) is 14.9. The molecule has 0 amide bonds. The Balaban J connectivity index is 1.99. The predicted octanol–water partition coefficient (Wildman–Crippen LogP) is 3.96. The molecule has 0 saturated carbocycles. The molecule has 0 N–H and O–H groups in total. The number of fused-ring (bicyclic) bond motifs is 2. The third kappa shape index (κ3) is 1.76. The molecule has 0 aromatic carbocycles. The summed E-state index contributed by atoms with van der Waals surface area (Å²) in [6.07, 6.45) is 6.57. The van der Waals surface area contributed by atoms with Gasteiger partial charge in [-0.2, -0.15) is 0 Å². The van der Waals surface area contributed by atoms with Gasteiger partial charge in [-0.1, -0.05) is 24.6 Å². The Morgan fingerprint density at radius 3 is 2.87 bits per heavy atom. The van der Waals surface area contributed by atoms with Crippen molar-refractivity contribution in [3.63, 3.8) is 0 Å². The largest absolute Gasteiger partial charge is 0.360 e. The van der Waals surface area contributed by atoms with Crippen molar-refractivity contribution in [3.8, 4) is 0 Å². The Bertz CT molecular complexity index is 742. The van der Waals surface area contributed by atoms with E-state index in [9.17, 15) is 4.79 Å². The molecule has 3 aliphatic rings. The van der Waals surface area contributed by atoms with Gasteiger partial charge in [0.25, 0.3) is 0 Å². The molecule has 122 valence electrons. The quantitative estimate of drug-likeness (QED) is 0.829. The molecule has 1 aromatic heterocycles. The molecule has 0 saturated heterocycles. The molecule has 0 bridgehead atoms. The summed E-state index contributed by atoms with van der Waals surface area (Å²) in [6, 6.07) is 0. The second kappa shape index (κ2) is 4.91. The van der Waals surface area contributed by atoms with E-state index < -0.39 is 5.60 Å². The summed E-state index contributed by atoms with van der Waals surface area (Å²) < 4.78 is 12.0. The molecule has 1 spiro atoms. The van der Waals surface area contributed by atoms with Crippen LogP contribution in [0.25, 0.3) is 5.57 Å². The van der Waals surface area contributed by atoms with Crippen molar-refractivity contribution in [2.24, 2.45) is 5.92 Å². The number of rotatable bonds is 2. The number of carbonyl (C=O) groups excluding carboxylic acids is 1. The van der Waals surface area contributed by atoms with E-state index in [1.807, 2.05) is 19.9 Å². The van der Waals surface area contributed by atoms with E-state index in [0.29, 0.717) is 0 Å². The number of aromatic nitrogens is 1. The lowest BCUT2D eigenvalue weighted by atomic mass is 9.59. The normalized spacial score (nSPS) is 35.3. The molecule has 1 aromatic rings. The molecular weight excluding hydrogens is 290 g/mol. The van der Waals surface area contributed by atoms with Crippen LogP contribution in [0.15, 0.2) is 22.2 Å². The average molecular weight is 313 g/mol. The first-order valence-corrected chi connectivity index (χ1v) is 8.63. The van der Waals surface area contributed by atoms with Crippen molar-refractivity contribution in [2.45, 2.75) is 64.6 Å². The lowest BCUT2D eigenvalue weighted by molar-refractivity contribution is -0.142. The van der Waals surface area contributed by atoms with Gasteiger partial charge in [-0.15, -0.1) is 0 Å². The molecule has 1 aliphatic heterocycles. The Kier molecular flexibility index (Phi) is 3.17. The summed E-state index contributed by atoms with van der Waals surface area (Å²) in [6.45, 7) is 8.22. The van der Waals surface area contributed by atoms with Crippen LogP contribution in [0.1, 0.15) is 63.0 Å². The minimum atomic E-state index is -0.831. The maximum absolute atomic E-state index is 13.2. The van der Waals surface area contributed by atoms with Crippen molar-refractivity contribution in [1.29, 1.82) is 0 Å². The zero-order chi connectivity index (χ0) is 16.4. The Morgan fingerprint density at radius 1 is 1.39 bits per heavy atom. The molecule has 4 heteroatoms. The molecule has 23 heavy (non-hydrogen) atoms. The number of nitrogens with zero attached hydrogens (tertiary/aromatic N) is 1. The molecule has 4 atom stereocenters. The zero-order valence-corrected chi connectivity index (χ0v) is 14.2. The number of allylic oxidation sites excluding steroid dienone is 1. The van der Waals surface area contributed by atoms with Gasteiger partial charge in [0, 0.05) is 23.0 Å². The lowest BCUT2D eigenvalue weighted by Gasteiger charge is -2.47. The maximum Gasteiger partial charge on any atom is 0.192 e. The van der Waals surface area contributed by atoms with E-state index in [4.69, 9.17) is 9.26 Å². The van der Waals surface area contributed by atoms with E-state index in [0.717, 1.165) is 41.9 Å². The highest BCUT2D eigenvalue weighted by Gasteiger charge is 2.61. The number of ketones is 1. The third-order valence-corrected chi connectivity index (χ3v) is 5.75. The van der Waals surface area contributed by atoms with Crippen molar-refractivity contribution >= 4 is 11.4 Å². The summed E-state index contributed by atoms with van der Waals surface area (Å²) >= 11 is 0. The molecule has 4 nitrogen and oxygen atoms in total. The van der Waals surface area contributed by atoms with E-state index in [1.165, 1.54) is 5.57 Å². The summed E-state index contributed by atoms with van der Waals surface area (Å²) in [5, 5.41) is 4.20. The SMILES string of the molecule is CCC1=CC(=O)C23OC(C)C=C2c2c(C)noc2C(CC)C3C1. The number of aryl methyl sites for hydroxylation is 1. The number of hydrogen-bond donors (Lipinski definition) is 0. The topological polar surface area (TPSA) is 52.3 Å². The van der Waals surface area contributed by atoms with Crippen molar-refractivity contribution < 1.29 is 14.1 Å². The second-order valence-corrected chi connectivity index (χ2v) is 6.99. The highest BCUT2D eigenvalue weighted by molar-refractivity contribution is 6.10. The minimum Gasteiger partial charge on any atom is -0.360 e. The monoisotopic (exact) mass is 313 g/mol. The Labute approximate surface area is 136 Å². The van der Waals surface area contributed by atoms with Gasteiger partial charge in [0.05, 0.1) is 11.8 Å². The van der Waals surface area contributed by atoms with Gasteiger partial charge in [-0.3, -0.25) is 4.79 Å². The number of ether oxygens (including phenoxy) is 1. The summed E-state index contributed by atoms with van der Waals surface area (Å²) in [5.41, 5.74) is 3.25. The van der Waals surface area contributed by atoms with E-state index in [-0.39, 0.29) is 23.7 Å².